The Morgan fingerprint density at radius 3 is 2.64 bits per heavy atom. The van der Waals surface area contributed by atoms with Crippen LogP contribution in [0.3, 0.4) is 0 Å². The summed E-state index contributed by atoms with van der Waals surface area (Å²) in [5, 5.41) is 15.3. The Kier molecular flexibility index (Phi) is 5.18. The summed E-state index contributed by atoms with van der Waals surface area (Å²) in [6, 6.07) is 13.6. The van der Waals surface area contributed by atoms with Crippen molar-refractivity contribution in [1.82, 2.24) is 5.43 Å². The van der Waals surface area contributed by atoms with Crippen LogP contribution in [0.2, 0.25) is 0 Å². The summed E-state index contributed by atoms with van der Waals surface area (Å²) in [5.74, 6) is 0. The van der Waals surface area contributed by atoms with Gasteiger partial charge in [-0.3, -0.25) is 15.5 Å². The van der Waals surface area contributed by atoms with Crippen molar-refractivity contribution in [3.05, 3.63) is 74.2 Å². The maximum atomic E-state index is 11.2. The molecular formula is C14H11BrN4O2S. The van der Waals surface area contributed by atoms with E-state index in [0.29, 0.717) is 16.8 Å². The molecule has 3 N–H and O–H groups in total. The fourth-order valence-corrected chi connectivity index (χ4v) is 2.31. The van der Waals surface area contributed by atoms with Crippen LogP contribution < -0.4 is 11.2 Å². The zero-order valence-electron chi connectivity index (χ0n) is 11.2. The van der Waals surface area contributed by atoms with Gasteiger partial charge in [0.2, 0.25) is 0 Å². The minimum atomic E-state index is -0.455. The van der Waals surface area contributed by atoms with Gasteiger partial charge >= 0.3 is 0 Å². The van der Waals surface area contributed by atoms with Crippen molar-refractivity contribution in [3.63, 3.8) is 0 Å². The maximum Gasteiger partial charge on any atom is 0.278 e. The molecule has 22 heavy (non-hydrogen) atoms. The Balaban J connectivity index is 2.62. The molecule has 2 aromatic rings. The van der Waals surface area contributed by atoms with E-state index >= 15 is 0 Å². The normalized spacial score (nSPS) is 11.0. The molecule has 0 saturated carbocycles. The molecule has 0 radical (unpaired) electrons. The molecule has 0 saturated heterocycles. The lowest BCUT2D eigenvalue weighted by atomic mass is 10.0. The second kappa shape index (κ2) is 7.10. The lowest BCUT2D eigenvalue weighted by molar-refractivity contribution is -0.385. The number of para-hydroxylation sites is 1. The summed E-state index contributed by atoms with van der Waals surface area (Å²) in [4.78, 5) is 10.8. The molecule has 112 valence electrons. The van der Waals surface area contributed by atoms with Crippen molar-refractivity contribution in [2.45, 2.75) is 0 Å². The number of rotatable bonds is 4. The maximum absolute atomic E-state index is 11.2. The molecule has 2 rings (SSSR count). The van der Waals surface area contributed by atoms with E-state index in [1.54, 1.807) is 30.3 Å². The third-order valence-corrected chi connectivity index (χ3v) is 3.32. The van der Waals surface area contributed by atoms with Gasteiger partial charge in [0.25, 0.3) is 5.69 Å². The van der Waals surface area contributed by atoms with Crippen molar-refractivity contribution in [1.29, 1.82) is 0 Å². The summed E-state index contributed by atoms with van der Waals surface area (Å²) < 4.78 is 0.826. The predicted octanol–water partition coefficient (Wildman–Crippen LogP) is 2.94. The van der Waals surface area contributed by atoms with E-state index in [9.17, 15) is 10.1 Å². The van der Waals surface area contributed by atoms with Crippen LogP contribution in [0.1, 0.15) is 11.1 Å². The Morgan fingerprint density at radius 2 is 2.00 bits per heavy atom. The third-order valence-electron chi connectivity index (χ3n) is 2.73. The summed E-state index contributed by atoms with van der Waals surface area (Å²) >= 11 is 8.11. The molecule has 0 aliphatic carbocycles. The third kappa shape index (κ3) is 3.86. The number of hydrogen-bond acceptors (Lipinski definition) is 4. The highest BCUT2D eigenvalue weighted by Gasteiger charge is 2.19. The van der Waals surface area contributed by atoms with E-state index in [2.05, 4.69) is 26.5 Å². The van der Waals surface area contributed by atoms with Gasteiger partial charge in [0, 0.05) is 16.1 Å². The Hall–Kier alpha value is -2.32. The monoisotopic (exact) mass is 378 g/mol. The highest BCUT2D eigenvalue weighted by atomic mass is 79.9. The van der Waals surface area contributed by atoms with E-state index in [4.69, 9.17) is 18.0 Å². The number of thiocarbonyl (C=S) groups is 1. The van der Waals surface area contributed by atoms with Crippen molar-refractivity contribution in [3.8, 4) is 0 Å². The smallest absolute Gasteiger partial charge is 0.278 e. The first-order chi connectivity index (χ1) is 10.5. The number of nitrogens with one attached hydrogen (secondary N) is 1. The number of hydrogen-bond donors (Lipinski definition) is 2. The van der Waals surface area contributed by atoms with Crippen molar-refractivity contribution < 1.29 is 4.92 Å². The molecule has 8 heteroatoms. The van der Waals surface area contributed by atoms with Crippen LogP contribution in [0.25, 0.3) is 0 Å². The van der Waals surface area contributed by atoms with Crippen molar-refractivity contribution in [2.24, 2.45) is 10.8 Å². The molecule has 0 amide bonds. The lowest BCUT2D eigenvalue weighted by Gasteiger charge is -2.09. The van der Waals surface area contributed by atoms with Gasteiger partial charge in [-0.15, -0.1) is 0 Å². The molecular weight excluding hydrogens is 368 g/mol. The van der Waals surface area contributed by atoms with Crippen LogP contribution in [-0.2, 0) is 0 Å². The van der Waals surface area contributed by atoms with Crippen molar-refractivity contribution in [2.75, 3.05) is 0 Å². The highest BCUT2D eigenvalue weighted by Crippen LogP contribution is 2.23. The number of nitrogens with two attached hydrogens (primary N) is 1. The molecule has 0 aliphatic heterocycles. The summed E-state index contributed by atoms with van der Waals surface area (Å²) in [5.41, 5.74) is 9.27. The number of nitro groups is 1. The largest absolute Gasteiger partial charge is 0.375 e. The average Bonchev–Trinajstić information content (AvgIpc) is 2.47. The van der Waals surface area contributed by atoms with Gasteiger partial charge < -0.3 is 5.73 Å². The fraction of sp³-hybridized carbons (Fsp3) is 0. The summed E-state index contributed by atoms with van der Waals surface area (Å²) in [6.07, 6.45) is 0. The van der Waals surface area contributed by atoms with E-state index in [1.807, 2.05) is 12.1 Å². The van der Waals surface area contributed by atoms with Crippen LogP contribution in [0.5, 0.6) is 0 Å². The standard InChI is InChI=1S/C14H11BrN4O2S/c15-10-5-3-4-9(8-10)13(17-18-14(16)22)11-6-1-2-7-12(11)19(20)21/h1-8H,(H3,16,18,22). The number of halogens is 1. The van der Waals surface area contributed by atoms with E-state index in [1.165, 1.54) is 6.07 Å². The molecule has 0 aromatic heterocycles. The van der Waals surface area contributed by atoms with E-state index in [-0.39, 0.29) is 10.8 Å². The molecule has 0 aliphatic rings. The Labute approximate surface area is 140 Å². The zero-order chi connectivity index (χ0) is 16.1. The van der Waals surface area contributed by atoms with Crippen LogP contribution >= 0.6 is 28.1 Å². The first-order valence-electron chi connectivity index (χ1n) is 6.12. The van der Waals surface area contributed by atoms with Crippen LogP contribution in [0.15, 0.2) is 58.1 Å². The number of benzene rings is 2. The van der Waals surface area contributed by atoms with Crippen LogP contribution in [-0.4, -0.2) is 15.7 Å². The minimum absolute atomic E-state index is 0.0221. The Morgan fingerprint density at radius 1 is 1.27 bits per heavy atom. The molecule has 0 spiro atoms. The quantitative estimate of drug-likeness (QED) is 0.369. The van der Waals surface area contributed by atoms with Crippen LogP contribution in [0, 0.1) is 10.1 Å². The van der Waals surface area contributed by atoms with E-state index in [0.717, 1.165) is 4.47 Å². The van der Waals surface area contributed by atoms with Gasteiger partial charge in [-0.2, -0.15) is 5.10 Å². The highest BCUT2D eigenvalue weighted by molar-refractivity contribution is 9.10. The SMILES string of the molecule is NC(=S)NN=C(c1cccc(Br)c1)c1ccccc1[N+](=O)[O-]. The molecule has 0 unspecified atom stereocenters. The Bertz CT molecular complexity index is 764. The van der Waals surface area contributed by atoms with Crippen LogP contribution in [0.4, 0.5) is 5.69 Å². The predicted molar refractivity (Wildman–Crippen MR) is 92.8 cm³/mol. The zero-order valence-corrected chi connectivity index (χ0v) is 13.6. The molecule has 0 fully saturated rings. The molecule has 6 nitrogen and oxygen atoms in total. The average molecular weight is 379 g/mol. The molecule has 0 bridgehead atoms. The summed E-state index contributed by atoms with van der Waals surface area (Å²) in [7, 11) is 0. The summed E-state index contributed by atoms with van der Waals surface area (Å²) in [6.45, 7) is 0. The van der Waals surface area contributed by atoms with E-state index < -0.39 is 4.92 Å². The first-order valence-corrected chi connectivity index (χ1v) is 7.32. The number of nitro benzene ring substituents is 1. The fourth-order valence-electron chi connectivity index (χ4n) is 1.86. The number of nitrogens with zero attached hydrogens (tertiary/aromatic N) is 2. The first kappa shape index (κ1) is 16.1. The van der Waals surface area contributed by atoms with Gasteiger partial charge in [-0.25, -0.2) is 0 Å². The van der Waals surface area contributed by atoms with Gasteiger partial charge in [-0.1, -0.05) is 40.2 Å². The number of hydrazone groups is 1. The minimum Gasteiger partial charge on any atom is -0.375 e. The molecule has 0 atom stereocenters. The molecule has 0 heterocycles. The van der Waals surface area contributed by atoms with Gasteiger partial charge in [0.05, 0.1) is 10.5 Å². The second-order valence-corrected chi connectivity index (χ2v) is 5.58. The van der Waals surface area contributed by atoms with Gasteiger partial charge in [0.15, 0.2) is 5.11 Å². The second-order valence-electron chi connectivity index (χ2n) is 4.22. The molecule has 2 aromatic carbocycles. The van der Waals surface area contributed by atoms with Crippen molar-refractivity contribution >= 4 is 44.7 Å². The lowest BCUT2D eigenvalue weighted by Crippen LogP contribution is -2.26. The van der Waals surface area contributed by atoms with Gasteiger partial charge in [-0.05, 0) is 30.4 Å². The topological polar surface area (TPSA) is 93.5 Å². The van der Waals surface area contributed by atoms with Gasteiger partial charge in [0.1, 0.15) is 5.71 Å².